The Morgan fingerprint density at radius 3 is 2.42 bits per heavy atom. The fourth-order valence-corrected chi connectivity index (χ4v) is 2.80. The maximum Gasteiger partial charge on any atom is 0.272 e. The summed E-state index contributed by atoms with van der Waals surface area (Å²) >= 11 is 0. The van der Waals surface area contributed by atoms with Crippen LogP contribution in [-0.4, -0.2) is 21.1 Å². The summed E-state index contributed by atoms with van der Waals surface area (Å²) in [6.45, 7) is 6.57. The minimum absolute atomic E-state index is 0.268. The van der Waals surface area contributed by atoms with Crippen molar-refractivity contribution < 1.29 is 4.79 Å². The van der Waals surface area contributed by atoms with Crippen molar-refractivity contribution >= 4 is 17.4 Å². The number of hydrogen-bond acceptors (Lipinski definition) is 5. The lowest BCUT2D eigenvalue weighted by atomic mass is 10.1. The summed E-state index contributed by atoms with van der Waals surface area (Å²) in [6, 6.07) is 11.4. The van der Waals surface area contributed by atoms with E-state index in [0.29, 0.717) is 12.4 Å². The molecule has 0 aliphatic heterocycles. The number of aryl methyl sites for hydroxylation is 3. The number of rotatable bonds is 5. The number of anilines is 2. The topological polar surface area (TPSA) is 79.8 Å². The van der Waals surface area contributed by atoms with Gasteiger partial charge in [0, 0.05) is 24.6 Å². The molecular formula is C20H21N5O. The predicted octanol–water partition coefficient (Wildman–Crippen LogP) is 3.47. The van der Waals surface area contributed by atoms with Crippen LogP contribution >= 0.6 is 0 Å². The fourth-order valence-electron chi connectivity index (χ4n) is 2.80. The van der Waals surface area contributed by atoms with E-state index in [9.17, 15) is 4.79 Å². The van der Waals surface area contributed by atoms with Crippen LogP contribution in [0.5, 0.6) is 0 Å². The second-order valence-corrected chi connectivity index (χ2v) is 6.25. The standard InChI is InChI=1S/C20H21N5O/c1-13-9-14(2)19(15(3)10-13)23-18-7-6-17(24-25-18)20(26)22-12-16-5-4-8-21-11-16/h4-11H,12H2,1-3H3,(H,22,26)(H,23,25). The van der Waals surface area contributed by atoms with Crippen molar-refractivity contribution in [3.05, 3.63) is 76.7 Å². The van der Waals surface area contributed by atoms with E-state index < -0.39 is 0 Å². The molecule has 0 unspecified atom stereocenters. The molecule has 6 nitrogen and oxygen atoms in total. The second kappa shape index (κ2) is 7.74. The molecule has 26 heavy (non-hydrogen) atoms. The summed E-state index contributed by atoms with van der Waals surface area (Å²) in [4.78, 5) is 16.2. The summed E-state index contributed by atoms with van der Waals surface area (Å²) in [5.41, 5.74) is 5.72. The van der Waals surface area contributed by atoms with Gasteiger partial charge < -0.3 is 10.6 Å². The molecule has 6 heteroatoms. The second-order valence-electron chi connectivity index (χ2n) is 6.25. The number of carbonyl (C=O) groups excluding carboxylic acids is 1. The average molecular weight is 347 g/mol. The molecular weight excluding hydrogens is 326 g/mol. The minimum atomic E-state index is -0.268. The number of carbonyl (C=O) groups is 1. The van der Waals surface area contributed by atoms with Crippen molar-refractivity contribution in [2.24, 2.45) is 0 Å². The van der Waals surface area contributed by atoms with Crippen LogP contribution in [0.2, 0.25) is 0 Å². The molecule has 0 bridgehead atoms. The minimum Gasteiger partial charge on any atom is -0.347 e. The van der Waals surface area contributed by atoms with Gasteiger partial charge in [0.1, 0.15) is 0 Å². The van der Waals surface area contributed by atoms with Crippen LogP contribution in [-0.2, 0) is 6.54 Å². The van der Waals surface area contributed by atoms with Gasteiger partial charge in [-0.2, -0.15) is 0 Å². The third-order valence-corrected chi connectivity index (χ3v) is 4.00. The molecule has 0 atom stereocenters. The van der Waals surface area contributed by atoms with Gasteiger partial charge in [-0.05, 0) is 55.7 Å². The van der Waals surface area contributed by atoms with Crippen molar-refractivity contribution in [3.63, 3.8) is 0 Å². The first-order chi connectivity index (χ1) is 12.5. The third kappa shape index (κ3) is 4.22. The quantitative estimate of drug-likeness (QED) is 0.739. The van der Waals surface area contributed by atoms with E-state index in [0.717, 1.165) is 22.4 Å². The third-order valence-electron chi connectivity index (χ3n) is 4.00. The maximum atomic E-state index is 12.2. The number of hydrogen-bond donors (Lipinski definition) is 2. The first-order valence-corrected chi connectivity index (χ1v) is 8.38. The molecule has 0 saturated carbocycles. The van der Waals surface area contributed by atoms with Crippen LogP contribution in [0.4, 0.5) is 11.5 Å². The molecule has 2 N–H and O–H groups in total. The molecule has 2 heterocycles. The van der Waals surface area contributed by atoms with Crippen molar-refractivity contribution in [3.8, 4) is 0 Å². The van der Waals surface area contributed by atoms with Gasteiger partial charge in [0.15, 0.2) is 11.5 Å². The van der Waals surface area contributed by atoms with Gasteiger partial charge >= 0.3 is 0 Å². The van der Waals surface area contributed by atoms with E-state index in [1.54, 1.807) is 24.5 Å². The highest BCUT2D eigenvalue weighted by molar-refractivity contribution is 5.92. The van der Waals surface area contributed by atoms with E-state index in [2.05, 4.69) is 58.7 Å². The highest BCUT2D eigenvalue weighted by Gasteiger charge is 2.09. The molecule has 2 aromatic heterocycles. The molecule has 3 aromatic rings. The zero-order valence-electron chi connectivity index (χ0n) is 15.1. The van der Waals surface area contributed by atoms with Crippen LogP contribution < -0.4 is 10.6 Å². The summed E-state index contributed by atoms with van der Waals surface area (Å²) in [5.74, 6) is 0.333. The molecule has 0 aliphatic rings. The zero-order valence-corrected chi connectivity index (χ0v) is 15.1. The Bertz CT molecular complexity index is 884. The van der Waals surface area contributed by atoms with Crippen molar-refractivity contribution in [2.75, 3.05) is 5.32 Å². The molecule has 132 valence electrons. The number of benzene rings is 1. The van der Waals surface area contributed by atoms with Gasteiger partial charge in [0.2, 0.25) is 0 Å². The van der Waals surface area contributed by atoms with Crippen LogP contribution in [0.15, 0.2) is 48.8 Å². The monoisotopic (exact) mass is 347 g/mol. The van der Waals surface area contributed by atoms with E-state index in [-0.39, 0.29) is 11.6 Å². The molecule has 0 spiro atoms. The summed E-state index contributed by atoms with van der Waals surface area (Å²) in [6.07, 6.45) is 3.41. The first-order valence-electron chi connectivity index (χ1n) is 8.38. The van der Waals surface area contributed by atoms with Crippen LogP contribution in [0.25, 0.3) is 0 Å². The number of nitrogens with one attached hydrogen (secondary N) is 2. The highest BCUT2D eigenvalue weighted by atomic mass is 16.1. The first kappa shape index (κ1) is 17.5. The summed E-state index contributed by atoms with van der Waals surface area (Å²) in [5, 5.41) is 14.2. The van der Waals surface area contributed by atoms with Crippen LogP contribution in [0.1, 0.15) is 32.7 Å². The Morgan fingerprint density at radius 1 is 1.04 bits per heavy atom. The van der Waals surface area contributed by atoms with Gasteiger partial charge in [0.25, 0.3) is 5.91 Å². The molecule has 0 saturated heterocycles. The van der Waals surface area contributed by atoms with E-state index in [1.807, 2.05) is 12.1 Å². The Hall–Kier alpha value is -3.28. The highest BCUT2D eigenvalue weighted by Crippen LogP contribution is 2.24. The molecule has 0 aliphatic carbocycles. The molecule has 0 radical (unpaired) electrons. The largest absolute Gasteiger partial charge is 0.347 e. The molecule has 3 rings (SSSR count). The number of pyridine rings is 1. The van der Waals surface area contributed by atoms with Crippen LogP contribution in [0.3, 0.4) is 0 Å². The lowest BCUT2D eigenvalue weighted by molar-refractivity contribution is 0.0945. The number of amides is 1. The lowest BCUT2D eigenvalue weighted by Gasteiger charge is -2.13. The Labute approximate surface area is 152 Å². The molecule has 0 fully saturated rings. The van der Waals surface area contributed by atoms with Crippen LogP contribution in [0, 0.1) is 20.8 Å². The number of aromatic nitrogens is 3. The Balaban J connectivity index is 1.66. The maximum absolute atomic E-state index is 12.2. The lowest BCUT2D eigenvalue weighted by Crippen LogP contribution is -2.24. The van der Waals surface area contributed by atoms with Gasteiger partial charge in [-0.1, -0.05) is 23.8 Å². The van der Waals surface area contributed by atoms with Crippen molar-refractivity contribution in [1.29, 1.82) is 0 Å². The van der Waals surface area contributed by atoms with E-state index in [4.69, 9.17) is 0 Å². The van der Waals surface area contributed by atoms with Crippen molar-refractivity contribution in [2.45, 2.75) is 27.3 Å². The average Bonchev–Trinajstić information content (AvgIpc) is 2.64. The molecule has 1 amide bonds. The van der Waals surface area contributed by atoms with Gasteiger partial charge in [-0.25, -0.2) is 0 Å². The predicted molar refractivity (Wildman–Crippen MR) is 101 cm³/mol. The van der Waals surface area contributed by atoms with E-state index in [1.165, 1.54) is 5.56 Å². The van der Waals surface area contributed by atoms with Gasteiger partial charge in [0.05, 0.1) is 0 Å². The smallest absolute Gasteiger partial charge is 0.272 e. The van der Waals surface area contributed by atoms with Gasteiger partial charge in [-0.3, -0.25) is 9.78 Å². The summed E-state index contributed by atoms with van der Waals surface area (Å²) < 4.78 is 0. The fraction of sp³-hybridized carbons (Fsp3) is 0.200. The summed E-state index contributed by atoms with van der Waals surface area (Å²) in [7, 11) is 0. The Kier molecular flexibility index (Phi) is 5.22. The Morgan fingerprint density at radius 2 is 1.81 bits per heavy atom. The van der Waals surface area contributed by atoms with Crippen molar-refractivity contribution in [1.82, 2.24) is 20.5 Å². The zero-order chi connectivity index (χ0) is 18.5. The molecule has 1 aromatic carbocycles. The normalized spacial score (nSPS) is 10.4. The van der Waals surface area contributed by atoms with Gasteiger partial charge in [-0.15, -0.1) is 10.2 Å². The SMILES string of the molecule is Cc1cc(C)c(Nc2ccc(C(=O)NCc3cccnc3)nn2)c(C)c1. The van der Waals surface area contributed by atoms with E-state index >= 15 is 0 Å². The number of nitrogens with zero attached hydrogens (tertiary/aromatic N) is 3.